The largest absolute Gasteiger partial charge is 0.496 e. The van der Waals surface area contributed by atoms with Crippen LogP contribution >= 0.6 is 0 Å². The number of carbonyl (C=O) groups is 1. The topological polar surface area (TPSA) is 123 Å². The second kappa shape index (κ2) is 10.4. The molecule has 9 nitrogen and oxygen atoms in total. The molecule has 1 aromatic carbocycles. The maximum atomic E-state index is 12.8. The number of benzene rings is 1. The molecule has 0 fully saturated rings. The number of carbonyl (C=O) groups excluding carboxylic acids is 1. The summed E-state index contributed by atoms with van der Waals surface area (Å²) in [6.45, 7) is 3.88. The van der Waals surface area contributed by atoms with Crippen LogP contribution in [0.4, 0.5) is 0 Å². The van der Waals surface area contributed by atoms with Crippen molar-refractivity contribution in [3.8, 4) is 11.5 Å². The Balaban J connectivity index is 2.21. The fourth-order valence-corrected chi connectivity index (χ4v) is 3.52. The summed E-state index contributed by atoms with van der Waals surface area (Å²) < 4.78 is 17.1. The number of hydrogen-bond acceptors (Lipinski definition) is 9. The first kappa shape index (κ1) is 23.5. The van der Waals surface area contributed by atoms with Gasteiger partial charge in [0.05, 0.1) is 25.3 Å². The summed E-state index contributed by atoms with van der Waals surface area (Å²) in [5.41, 5.74) is 2.79. The third-order valence-electron chi connectivity index (χ3n) is 5.03. The van der Waals surface area contributed by atoms with Crippen LogP contribution in [-0.4, -0.2) is 47.0 Å². The van der Waals surface area contributed by atoms with Gasteiger partial charge >= 0.3 is 5.97 Å². The van der Waals surface area contributed by atoms with E-state index in [0.717, 1.165) is 5.57 Å². The van der Waals surface area contributed by atoms with Crippen LogP contribution in [0.15, 0.2) is 64.6 Å². The van der Waals surface area contributed by atoms with E-state index in [2.05, 4.69) is 15.3 Å². The molecule has 1 heterocycles. The van der Waals surface area contributed by atoms with Crippen molar-refractivity contribution in [3.05, 3.63) is 76.6 Å². The Labute approximate surface area is 191 Å². The molecular formula is C24H25N3O6. The van der Waals surface area contributed by atoms with E-state index in [1.807, 2.05) is 19.9 Å². The molecule has 0 saturated carbocycles. The van der Waals surface area contributed by atoms with Crippen LogP contribution in [0.1, 0.15) is 53.6 Å². The predicted molar refractivity (Wildman–Crippen MR) is 122 cm³/mol. The molecule has 1 aliphatic rings. The number of methoxy groups -OCH3 is 2. The maximum Gasteiger partial charge on any atom is 0.357 e. The average Bonchev–Trinajstić information content (AvgIpc) is 2.84. The number of hydrogen-bond donors (Lipinski definition) is 2. The van der Waals surface area contributed by atoms with Crippen molar-refractivity contribution in [1.29, 1.82) is 0 Å². The van der Waals surface area contributed by atoms with Gasteiger partial charge in [-0.1, -0.05) is 28.0 Å². The average molecular weight is 451 g/mol. The minimum absolute atomic E-state index is 0.166. The van der Waals surface area contributed by atoms with Gasteiger partial charge in [0.25, 0.3) is 0 Å². The van der Waals surface area contributed by atoms with Gasteiger partial charge in [-0.05, 0) is 44.2 Å². The minimum Gasteiger partial charge on any atom is -0.496 e. The number of fused-ring (bicyclic) bond motifs is 1. The van der Waals surface area contributed by atoms with E-state index in [4.69, 9.17) is 14.2 Å². The number of aromatic nitrogens is 1. The highest BCUT2D eigenvalue weighted by atomic mass is 16.5. The summed E-state index contributed by atoms with van der Waals surface area (Å²) in [4.78, 5) is 16.9. The Morgan fingerprint density at radius 1 is 1.09 bits per heavy atom. The first-order chi connectivity index (χ1) is 15.9. The molecule has 33 heavy (non-hydrogen) atoms. The monoisotopic (exact) mass is 451 g/mol. The third-order valence-corrected chi connectivity index (χ3v) is 5.03. The second-order valence-corrected chi connectivity index (χ2v) is 7.38. The van der Waals surface area contributed by atoms with E-state index in [-0.39, 0.29) is 17.1 Å². The predicted octanol–water partition coefficient (Wildman–Crippen LogP) is 4.28. The number of nitrogens with zero attached hydrogens (tertiary/aromatic N) is 3. The van der Waals surface area contributed by atoms with Crippen molar-refractivity contribution in [2.45, 2.75) is 26.4 Å². The van der Waals surface area contributed by atoms with Crippen molar-refractivity contribution >= 4 is 17.4 Å². The molecular weight excluding hydrogens is 426 g/mol. The van der Waals surface area contributed by atoms with Crippen LogP contribution in [0, 0.1) is 0 Å². The van der Waals surface area contributed by atoms with Crippen LogP contribution in [0.25, 0.3) is 0 Å². The van der Waals surface area contributed by atoms with Gasteiger partial charge in [0.15, 0.2) is 0 Å². The van der Waals surface area contributed by atoms with Gasteiger partial charge in [0, 0.05) is 18.2 Å². The standard InChI is InChI=1S/C24H25N3O6/c1-14(2)8-11-19(33-24(28)18-7-5-6-12-25-18)15-13-20(31-3)21-16(26-29)9-10-17(27-30)22(21)23(15)32-4/h5-10,12-13,19,29-30H,11H2,1-4H3. The first-order valence-electron chi connectivity index (χ1n) is 10.1. The van der Waals surface area contributed by atoms with Crippen molar-refractivity contribution in [2.24, 2.45) is 10.3 Å². The number of rotatable bonds is 7. The lowest BCUT2D eigenvalue weighted by Gasteiger charge is -2.25. The lowest BCUT2D eigenvalue weighted by molar-refractivity contribution is 0.0290. The molecule has 0 radical (unpaired) electrons. The Bertz CT molecular complexity index is 1150. The van der Waals surface area contributed by atoms with Gasteiger partial charge in [-0.15, -0.1) is 0 Å². The Morgan fingerprint density at radius 2 is 1.79 bits per heavy atom. The molecule has 0 saturated heterocycles. The summed E-state index contributed by atoms with van der Waals surface area (Å²) in [7, 11) is 2.91. The molecule has 2 N–H and O–H groups in total. The zero-order valence-electron chi connectivity index (χ0n) is 18.8. The van der Waals surface area contributed by atoms with Gasteiger partial charge in [0.1, 0.15) is 34.7 Å². The molecule has 9 heteroatoms. The quantitative estimate of drug-likeness (QED) is 0.279. The molecule has 172 valence electrons. The maximum absolute atomic E-state index is 12.8. The molecule has 1 atom stereocenters. The highest BCUT2D eigenvalue weighted by Gasteiger charge is 2.32. The van der Waals surface area contributed by atoms with E-state index >= 15 is 0 Å². The first-order valence-corrected chi connectivity index (χ1v) is 10.1. The normalized spacial score (nSPS) is 15.6. The molecule has 3 rings (SSSR count). The smallest absolute Gasteiger partial charge is 0.357 e. The summed E-state index contributed by atoms with van der Waals surface area (Å²) in [5.74, 6) is 0.0234. The molecule has 1 aromatic heterocycles. The summed E-state index contributed by atoms with van der Waals surface area (Å²) in [5, 5.41) is 25.8. The lowest BCUT2D eigenvalue weighted by atomic mass is 9.88. The van der Waals surface area contributed by atoms with Gasteiger partial charge in [-0.3, -0.25) is 0 Å². The van der Waals surface area contributed by atoms with E-state index in [0.29, 0.717) is 34.6 Å². The third kappa shape index (κ3) is 4.87. The van der Waals surface area contributed by atoms with Crippen molar-refractivity contribution < 1.29 is 29.4 Å². The van der Waals surface area contributed by atoms with Crippen LogP contribution in [-0.2, 0) is 4.74 Å². The lowest BCUT2D eigenvalue weighted by Crippen LogP contribution is -2.20. The molecule has 0 aliphatic heterocycles. The second-order valence-electron chi connectivity index (χ2n) is 7.38. The van der Waals surface area contributed by atoms with E-state index < -0.39 is 12.1 Å². The highest BCUT2D eigenvalue weighted by Crippen LogP contribution is 2.42. The van der Waals surface area contributed by atoms with Gasteiger partial charge in [0.2, 0.25) is 0 Å². The summed E-state index contributed by atoms with van der Waals surface area (Å²) >= 11 is 0. The van der Waals surface area contributed by atoms with Gasteiger partial charge in [-0.25, -0.2) is 9.78 Å². The van der Waals surface area contributed by atoms with Crippen LogP contribution in [0.3, 0.4) is 0 Å². The number of ether oxygens (including phenoxy) is 3. The SMILES string of the molecule is COc1cc(C(CC=C(C)C)OC(=O)c2ccccn2)c(OC)c2c1C(=NO)C=CC2=NO. The fourth-order valence-electron chi connectivity index (χ4n) is 3.52. The Morgan fingerprint density at radius 3 is 2.33 bits per heavy atom. The zero-order valence-corrected chi connectivity index (χ0v) is 18.8. The molecule has 2 aromatic rings. The molecule has 1 unspecified atom stereocenters. The number of oxime groups is 2. The van der Waals surface area contributed by atoms with Crippen molar-refractivity contribution in [1.82, 2.24) is 4.98 Å². The Kier molecular flexibility index (Phi) is 7.45. The fraction of sp³-hybridized carbons (Fsp3) is 0.250. The van der Waals surface area contributed by atoms with Crippen LogP contribution in [0.2, 0.25) is 0 Å². The number of allylic oxidation sites excluding steroid dienone is 3. The molecule has 0 amide bonds. The Hall–Kier alpha value is -4.14. The van der Waals surface area contributed by atoms with E-state index in [9.17, 15) is 15.2 Å². The minimum atomic E-state index is -0.774. The molecule has 0 bridgehead atoms. The van der Waals surface area contributed by atoms with E-state index in [1.165, 1.54) is 32.6 Å². The van der Waals surface area contributed by atoms with Crippen molar-refractivity contribution in [2.75, 3.05) is 14.2 Å². The molecule has 0 spiro atoms. The van der Waals surface area contributed by atoms with Gasteiger partial charge < -0.3 is 24.6 Å². The van der Waals surface area contributed by atoms with E-state index in [1.54, 1.807) is 24.3 Å². The molecule has 1 aliphatic carbocycles. The number of esters is 1. The van der Waals surface area contributed by atoms with Crippen LogP contribution < -0.4 is 9.47 Å². The zero-order chi connectivity index (χ0) is 24.0. The number of pyridine rings is 1. The van der Waals surface area contributed by atoms with Crippen molar-refractivity contribution in [3.63, 3.8) is 0 Å². The summed E-state index contributed by atoms with van der Waals surface area (Å²) in [6.07, 6.45) is 5.99. The summed E-state index contributed by atoms with van der Waals surface area (Å²) in [6, 6.07) is 6.63. The highest BCUT2D eigenvalue weighted by molar-refractivity contribution is 6.27. The van der Waals surface area contributed by atoms with Crippen LogP contribution in [0.5, 0.6) is 11.5 Å². The van der Waals surface area contributed by atoms with Gasteiger partial charge in [-0.2, -0.15) is 0 Å².